The summed E-state index contributed by atoms with van der Waals surface area (Å²) >= 11 is 1.12. The Kier molecular flexibility index (Phi) is 4.67. The third kappa shape index (κ3) is 3.25. The summed E-state index contributed by atoms with van der Waals surface area (Å²) < 4.78 is 19.1. The highest BCUT2D eigenvalue weighted by Gasteiger charge is 2.62. The lowest BCUT2D eigenvalue weighted by atomic mass is 9.81. The fourth-order valence-corrected chi connectivity index (χ4v) is 5.06. The standard InChI is InChI=1S/C19H20N4O5S/c24-17-15-13-5-6-14(28-13)16(15)18(25)23(17)7-1-2-8-27-19(26)20-10-3-4-11-12(9-10)22-29-21-11/h3-4,9,13-16H,1-2,5-8H2,(H,20,26). The van der Waals surface area contributed by atoms with E-state index >= 15 is 0 Å². The molecule has 1 aromatic heterocycles. The van der Waals surface area contributed by atoms with Gasteiger partial charge in [-0.3, -0.25) is 19.8 Å². The molecular formula is C19H20N4O5S. The highest BCUT2D eigenvalue weighted by Crippen LogP contribution is 2.48. The summed E-state index contributed by atoms with van der Waals surface area (Å²) in [6.07, 6.45) is 2.18. The van der Waals surface area contributed by atoms with Gasteiger partial charge in [0.05, 0.1) is 42.4 Å². The zero-order valence-electron chi connectivity index (χ0n) is 15.6. The van der Waals surface area contributed by atoms with Crippen molar-refractivity contribution in [2.24, 2.45) is 11.8 Å². The third-order valence-electron chi connectivity index (χ3n) is 5.89. The average Bonchev–Trinajstić information content (AvgIpc) is 3.47. The number of carbonyl (C=O) groups excluding carboxylic acids is 3. The quantitative estimate of drug-likeness (QED) is 0.567. The van der Waals surface area contributed by atoms with E-state index < -0.39 is 6.09 Å². The first kappa shape index (κ1) is 18.4. The van der Waals surface area contributed by atoms with Gasteiger partial charge in [0.25, 0.3) is 0 Å². The van der Waals surface area contributed by atoms with Gasteiger partial charge in [0, 0.05) is 12.2 Å². The number of rotatable bonds is 6. The normalized spacial score (nSPS) is 27.7. The van der Waals surface area contributed by atoms with Crippen LogP contribution in [0.4, 0.5) is 10.5 Å². The van der Waals surface area contributed by atoms with Gasteiger partial charge in [0.15, 0.2) is 0 Å². The minimum absolute atomic E-state index is 0.0854. The van der Waals surface area contributed by atoms with Crippen molar-refractivity contribution in [2.75, 3.05) is 18.5 Å². The van der Waals surface area contributed by atoms with Gasteiger partial charge in [0.2, 0.25) is 11.8 Å². The Morgan fingerprint density at radius 3 is 2.62 bits per heavy atom. The Balaban J connectivity index is 1.05. The van der Waals surface area contributed by atoms with Gasteiger partial charge >= 0.3 is 6.09 Å². The minimum Gasteiger partial charge on any atom is -0.449 e. The second-order valence-electron chi connectivity index (χ2n) is 7.61. The number of hydrogen-bond donors (Lipinski definition) is 1. The van der Waals surface area contributed by atoms with Crippen LogP contribution in [0.2, 0.25) is 0 Å². The molecule has 5 rings (SSSR count). The molecule has 4 unspecified atom stereocenters. The number of benzene rings is 1. The van der Waals surface area contributed by atoms with Crippen LogP contribution in [0.3, 0.4) is 0 Å². The Bertz CT molecular complexity index is 950. The minimum atomic E-state index is -0.552. The Morgan fingerprint density at radius 1 is 1.14 bits per heavy atom. The number of ether oxygens (including phenoxy) is 2. The van der Waals surface area contributed by atoms with Gasteiger partial charge in [0.1, 0.15) is 11.0 Å². The third-order valence-corrected chi connectivity index (χ3v) is 6.44. The number of imide groups is 1. The van der Waals surface area contributed by atoms with E-state index in [1.165, 1.54) is 4.90 Å². The Morgan fingerprint density at radius 2 is 1.86 bits per heavy atom. The molecule has 2 bridgehead atoms. The van der Waals surface area contributed by atoms with Crippen molar-refractivity contribution in [1.29, 1.82) is 0 Å². The van der Waals surface area contributed by atoms with E-state index in [4.69, 9.17) is 9.47 Å². The van der Waals surface area contributed by atoms with Crippen LogP contribution in [-0.4, -0.2) is 56.9 Å². The van der Waals surface area contributed by atoms with Crippen LogP contribution >= 0.6 is 11.7 Å². The van der Waals surface area contributed by atoms with E-state index in [-0.39, 0.29) is 42.5 Å². The number of likely N-dealkylation sites (tertiary alicyclic amines) is 1. The Labute approximate surface area is 170 Å². The first-order valence-corrected chi connectivity index (χ1v) is 10.5. The molecule has 3 aliphatic heterocycles. The molecule has 29 heavy (non-hydrogen) atoms. The molecule has 3 fully saturated rings. The number of aromatic nitrogens is 2. The molecule has 1 aromatic carbocycles. The molecule has 0 saturated carbocycles. The number of nitrogens with zero attached hydrogens (tertiary/aromatic N) is 3. The topological polar surface area (TPSA) is 111 Å². The molecule has 0 spiro atoms. The molecule has 4 heterocycles. The van der Waals surface area contributed by atoms with Crippen LogP contribution < -0.4 is 5.32 Å². The monoisotopic (exact) mass is 416 g/mol. The van der Waals surface area contributed by atoms with Gasteiger partial charge in [-0.25, -0.2) is 4.79 Å². The van der Waals surface area contributed by atoms with E-state index in [9.17, 15) is 14.4 Å². The van der Waals surface area contributed by atoms with Crippen molar-refractivity contribution in [3.05, 3.63) is 18.2 Å². The Hall–Kier alpha value is -2.59. The van der Waals surface area contributed by atoms with Gasteiger partial charge in [-0.1, -0.05) is 0 Å². The summed E-state index contributed by atoms with van der Waals surface area (Å²) in [5.41, 5.74) is 2.09. The zero-order valence-corrected chi connectivity index (χ0v) is 16.4. The van der Waals surface area contributed by atoms with Crippen molar-refractivity contribution < 1.29 is 23.9 Å². The van der Waals surface area contributed by atoms with E-state index in [1.54, 1.807) is 18.2 Å². The van der Waals surface area contributed by atoms with E-state index in [1.807, 2.05) is 0 Å². The second-order valence-corrected chi connectivity index (χ2v) is 8.13. The molecule has 152 valence electrons. The first-order valence-electron chi connectivity index (χ1n) is 9.78. The molecule has 3 saturated heterocycles. The van der Waals surface area contributed by atoms with Crippen LogP contribution in [0.1, 0.15) is 25.7 Å². The number of carbonyl (C=O) groups is 3. The maximum Gasteiger partial charge on any atom is 0.411 e. The lowest BCUT2D eigenvalue weighted by Crippen LogP contribution is -2.35. The van der Waals surface area contributed by atoms with E-state index in [0.717, 1.165) is 35.6 Å². The van der Waals surface area contributed by atoms with Gasteiger partial charge < -0.3 is 9.47 Å². The summed E-state index contributed by atoms with van der Waals surface area (Å²) in [5.74, 6) is -0.766. The maximum absolute atomic E-state index is 12.6. The van der Waals surface area contributed by atoms with Crippen molar-refractivity contribution in [3.63, 3.8) is 0 Å². The van der Waals surface area contributed by atoms with E-state index in [0.29, 0.717) is 25.1 Å². The van der Waals surface area contributed by atoms with Crippen molar-refractivity contribution in [2.45, 2.75) is 37.9 Å². The van der Waals surface area contributed by atoms with Crippen LogP contribution in [-0.2, 0) is 19.1 Å². The van der Waals surface area contributed by atoms with Crippen molar-refractivity contribution >= 4 is 46.4 Å². The molecule has 1 N–H and O–H groups in total. The molecule has 0 aliphatic carbocycles. The van der Waals surface area contributed by atoms with Crippen molar-refractivity contribution in [1.82, 2.24) is 13.6 Å². The fraction of sp³-hybridized carbons (Fsp3) is 0.526. The zero-order chi connectivity index (χ0) is 20.0. The molecule has 4 atom stereocenters. The van der Waals surface area contributed by atoms with Gasteiger partial charge in [-0.2, -0.15) is 8.75 Å². The molecule has 3 aliphatic rings. The highest BCUT2D eigenvalue weighted by atomic mass is 32.1. The lowest BCUT2D eigenvalue weighted by Gasteiger charge is -2.17. The molecule has 9 nitrogen and oxygen atoms in total. The number of hydrogen-bond acceptors (Lipinski definition) is 8. The number of nitrogens with one attached hydrogen (secondary N) is 1. The van der Waals surface area contributed by atoms with Gasteiger partial charge in [-0.15, -0.1) is 0 Å². The number of unbranched alkanes of at least 4 members (excludes halogenated alkanes) is 1. The number of amides is 3. The lowest BCUT2D eigenvalue weighted by molar-refractivity contribution is -0.142. The van der Waals surface area contributed by atoms with Crippen LogP contribution in [0.5, 0.6) is 0 Å². The van der Waals surface area contributed by atoms with Crippen LogP contribution in [0.15, 0.2) is 18.2 Å². The predicted octanol–water partition coefficient (Wildman–Crippen LogP) is 2.18. The molecule has 0 radical (unpaired) electrons. The summed E-state index contributed by atoms with van der Waals surface area (Å²) in [5, 5.41) is 2.66. The number of fused-ring (bicyclic) bond motifs is 6. The van der Waals surface area contributed by atoms with E-state index in [2.05, 4.69) is 14.1 Å². The maximum atomic E-state index is 12.6. The average molecular weight is 416 g/mol. The summed E-state index contributed by atoms with van der Waals surface area (Å²) in [4.78, 5) is 38.4. The second kappa shape index (κ2) is 7.34. The smallest absolute Gasteiger partial charge is 0.411 e. The predicted molar refractivity (Wildman–Crippen MR) is 103 cm³/mol. The van der Waals surface area contributed by atoms with Gasteiger partial charge in [-0.05, 0) is 43.9 Å². The first-order chi connectivity index (χ1) is 14.1. The molecular weight excluding hydrogens is 396 g/mol. The molecule has 3 amide bonds. The highest BCUT2D eigenvalue weighted by molar-refractivity contribution is 7.00. The largest absolute Gasteiger partial charge is 0.449 e. The summed E-state index contributed by atoms with van der Waals surface area (Å²) in [6, 6.07) is 5.26. The SMILES string of the molecule is O=C(Nc1ccc2nsnc2c1)OCCCCN1C(=O)C2C3CCC(O3)C2C1=O. The van der Waals surface area contributed by atoms with Crippen LogP contribution in [0.25, 0.3) is 11.0 Å². The van der Waals surface area contributed by atoms with Crippen molar-refractivity contribution in [3.8, 4) is 0 Å². The molecule has 2 aromatic rings. The fourth-order valence-electron chi connectivity index (χ4n) is 4.54. The summed E-state index contributed by atoms with van der Waals surface area (Å²) in [6.45, 7) is 0.576. The van der Waals surface area contributed by atoms with Crippen LogP contribution in [0, 0.1) is 11.8 Å². The summed E-state index contributed by atoms with van der Waals surface area (Å²) in [7, 11) is 0. The molecule has 10 heteroatoms. The number of anilines is 1.